The molecule has 3 N–H and O–H groups in total. The number of anilines is 2. The molecule has 212 valence electrons. The molecule has 1 aliphatic heterocycles. The van der Waals surface area contributed by atoms with Crippen molar-refractivity contribution in [3.05, 3.63) is 35.4 Å². The Balaban J connectivity index is 1.32. The van der Waals surface area contributed by atoms with E-state index in [0.717, 1.165) is 18.9 Å². The number of fused-ring (bicyclic) bond motifs is 1. The molecule has 1 amide bonds. The number of carbonyl (C=O) groups is 1. The van der Waals surface area contributed by atoms with Crippen LogP contribution in [0.2, 0.25) is 0 Å². The van der Waals surface area contributed by atoms with Crippen LogP contribution in [0.15, 0.2) is 18.3 Å². The van der Waals surface area contributed by atoms with Crippen LogP contribution in [-0.4, -0.2) is 61.7 Å². The van der Waals surface area contributed by atoms with E-state index in [2.05, 4.69) is 35.7 Å². The van der Waals surface area contributed by atoms with Gasteiger partial charge in [-0.15, -0.1) is 13.2 Å². The number of alkyl halides is 7. The molecule has 18 heteroatoms. The largest absolute Gasteiger partial charge is 0.522 e. The van der Waals surface area contributed by atoms with Crippen LogP contribution in [0.3, 0.4) is 0 Å². The van der Waals surface area contributed by atoms with E-state index in [1.807, 2.05) is 6.92 Å². The molecule has 0 aromatic carbocycles. The molecule has 4 heterocycles. The SMILES string of the molecule is CC1(NC(=O)O[C@@H]2CO[C@H](c3cc(Nc4nc(C(F)(F)F)cn5nc(COC(F)(F)F)cc45)n[nH]3)[C@@H]2F)CC1. The lowest BCUT2D eigenvalue weighted by atomic mass is 10.1. The minimum atomic E-state index is -4.97. The van der Waals surface area contributed by atoms with Crippen molar-refractivity contribution >= 4 is 23.2 Å². The van der Waals surface area contributed by atoms with E-state index in [4.69, 9.17) is 9.47 Å². The van der Waals surface area contributed by atoms with Crippen molar-refractivity contribution in [2.24, 2.45) is 0 Å². The van der Waals surface area contributed by atoms with Crippen LogP contribution in [0.1, 0.15) is 43.0 Å². The highest BCUT2D eigenvalue weighted by Gasteiger charge is 2.44. The molecule has 0 bridgehead atoms. The average molecular weight is 567 g/mol. The van der Waals surface area contributed by atoms with Crippen LogP contribution in [0.5, 0.6) is 0 Å². The monoisotopic (exact) mass is 567 g/mol. The van der Waals surface area contributed by atoms with Gasteiger partial charge in [0.25, 0.3) is 0 Å². The number of halogens is 7. The number of ether oxygens (including phenoxy) is 3. The predicted octanol–water partition coefficient (Wildman–Crippen LogP) is 4.31. The van der Waals surface area contributed by atoms with Crippen LogP contribution in [0.25, 0.3) is 5.52 Å². The molecule has 0 unspecified atom stereocenters. The topological polar surface area (TPSA) is 128 Å². The second kappa shape index (κ2) is 9.51. The summed E-state index contributed by atoms with van der Waals surface area (Å²) in [6.45, 7) is 0.532. The standard InChI is InChI=1S/C21H20F7N7O4/c1-19(2-3-19)31-18(36)39-12-8-37-16(15(12)22)10-5-14(33-32-10)30-17-11-4-9(7-38-21(26,27)28)34-35(11)6-13(29-17)20(23,24)25/h4-6,12,15-16H,2-3,7-8H2,1H3,(H,31,36)(H2,29,30,32,33)/t12-,15-,16-/m1/s1. The number of amides is 1. The molecule has 3 atom stereocenters. The number of nitrogens with one attached hydrogen (secondary N) is 3. The Kier molecular flexibility index (Phi) is 6.56. The van der Waals surface area contributed by atoms with Gasteiger partial charge in [-0.2, -0.15) is 23.4 Å². The summed E-state index contributed by atoms with van der Waals surface area (Å²) in [7, 11) is 0. The molecule has 2 fully saturated rings. The maximum Gasteiger partial charge on any atom is 0.522 e. The van der Waals surface area contributed by atoms with Gasteiger partial charge >= 0.3 is 18.6 Å². The zero-order chi connectivity index (χ0) is 28.2. The van der Waals surface area contributed by atoms with Crippen molar-refractivity contribution < 1.29 is 49.7 Å². The Morgan fingerprint density at radius 3 is 2.67 bits per heavy atom. The summed E-state index contributed by atoms with van der Waals surface area (Å²) in [5, 5.41) is 15.2. The van der Waals surface area contributed by atoms with Crippen molar-refractivity contribution in [2.75, 3.05) is 11.9 Å². The van der Waals surface area contributed by atoms with Gasteiger partial charge in [0, 0.05) is 11.6 Å². The second-order valence-corrected chi connectivity index (χ2v) is 9.33. The van der Waals surface area contributed by atoms with Crippen molar-refractivity contribution in [3.63, 3.8) is 0 Å². The van der Waals surface area contributed by atoms with Gasteiger partial charge in [0.15, 0.2) is 29.6 Å². The van der Waals surface area contributed by atoms with E-state index < -0.39 is 55.1 Å². The number of rotatable bonds is 7. The van der Waals surface area contributed by atoms with E-state index in [0.29, 0.717) is 10.7 Å². The molecule has 3 aromatic rings. The van der Waals surface area contributed by atoms with Crippen molar-refractivity contribution in [1.82, 2.24) is 30.1 Å². The van der Waals surface area contributed by atoms with Crippen molar-refractivity contribution in [2.45, 2.75) is 62.8 Å². The highest BCUT2D eigenvalue weighted by Crippen LogP contribution is 2.37. The first-order chi connectivity index (χ1) is 18.2. The van der Waals surface area contributed by atoms with E-state index >= 15 is 0 Å². The van der Waals surface area contributed by atoms with Crippen LogP contribution in [-0.2, 0) is 27.0 Å². The second-order valence-electron chi connectivity index (χ2n) is 9.33. The van der Waals surface area contributed by atoms with Gasteiger partial charge in [0.05, 0.1) is 24.2 Å². The summed E-state index contributed by atoms with van der Waals surface area (Å²) < 4.78 is 107. The number of carbonyl (C=O) groups excluding carboxylic acids is 1. The maximum absolute atomic E-state index is 15.0. The number of hydrogen-bond donors (Lipinski definition) is 3. The fourth-order valence-electron chi connectivity index (χ4n) is 3.83. The fraction of sp³-hybridized carbons (Fsp3) is 0.524. The Labute approximate surface area is 214 Å². The molecule has 1 saturated carbocycles. The summed E-state index contributed by atoms with van der Waals surface area (Å²) >= 11 is 0. The van der Waals surface area contributed by atoms with E-state index in [-0.39, 0.29) is 34.9 Å². The number of hydrogen-bond acceptors (Lipinski definition) is 8. The predicted molar refractivity (Wildman–Crippen MR) is 115 cm³/mol. The molecule has 0 radical (unpaired) electrons. The Bertz CT molecular complexity index is 1370. The Morgan fingerprint density at radius 2 is 2.00 bits per heavy atom. The highest BCUT2D eigenvalue weighted by atomic mass is 19.4. The van der Waals surface area contributed by atoms with Gasteiger partial charge < -0.3 is 20.1 Å². The number of H-pyrrole nitrogens is 1. The number of aromatic amines is 1. The van der Waals surface area contributed by atoms with E-state index in [1.165, 1.54) is 6.07 Å². The zero-order valence-electron chi connectivity index (χ0n) is 19.9. The lowest BCUT2D eigenvalue weighted by molar-refractivity contribution is -0.330. The summed E-state index contributed by atoms with van der Waals surface area (Å²) in [4.78, 5) is 15.5. The third-order valence-corrected chi connectivity index (χ3v) is 6.08. The van der Waals surface area contributed by atoms with Gasteiger partial charge in [-0.1, -0.05) is 0 Å². The first-order valence-electron chi connectivity index (χ1n) is 11.4. The van der Waals surface area contributed by atoms with Crippen LogP contribution in [0, 0.1) is 0 Å². The third-order valence-electron chi connectivity index (χ3n) is 6.08. The number of alkyl carbamates (subject to hydrolysis) is 1. The molecule has 2 aliphatic rings. The fourth-order valence-corrected chi connectivity index (χ4v) is 3.83. The van der Waals surface area contributed by atoms with Gasteiger partial charge in [-0.3, -0.25) is 9.84 Å². The zero-order valence-corrected chi connectivity index (χ0v) is 19.9. The molecule has 1 aliphatic carbocycles. The quantitative estimate of drug-likeness (QED) is 0.361. The molecule has 5 rings (SSSR count). The lowest BCUT2D eigenvalue weighted by Gasteiger charge is -2.17. The molecule has 0 spiro atoms. The average Bonchev–Trinajstić information content (AvgIpc) is 3.18. The number of nitrogens with zero attached hydrogens (tertiary/aromatic N) is 4. The first kappa shape index (κ1) is 26.9. The van der Waals surface area contributed by atoms with E-state index in [1.54, 1.807) is 0 Å². The van der Waals surface area contributed by atoms with Gasteiger partial charge in [-0.05, 0) is 25.8 Å². The normalized spacial score (nSPS) is 22.7. The Hall–Kier alpha value is -3.67. The van der Waals surface area contributed by atoms with Gasteiger partial charge in [-0.25, -0.2) is 18.7 Å². The third kappa shape index (κ3) is 6.16. The summed E-state index contributed by atoms with van der Waals surface area (Å²) in [5.41, 5.74) is -2.10. The lowest BCUT2D eigenvalue weighted by Crippen LogP contribution is -2.39. The van der Waals surface area contributed by atoms with Crippen molar-refractivity contribution in [1.29, 1.82) is 0 Å². The van der Waals surface area contributed by atoms with Crippen LogP contribution in [0.4, 0.5) is 47.2 Å². The van der Waals surface area contributed by atoms with Gasteiger partial charge in [0.2, 0.25) is 0 Å². The Morgan fingerprint density at radius 1 is 1.26 bits per heavy atom. The summed E-state index contributed by atoms with van der Waals surface area (Å²) in [6.07, 6.45) is -12.8. The molecule has 3 aromatic heterocycles. The summed E-state index contributed by atoms with van der Waals surface area (Å²) in [5.74, 6) is -0.545. The van der Waals surface area contributed by atoms with Crippen LogP contribution >= 0.6 is 0 Å². The molecule has 39 heavy (non-hydrogen) atoms. The molecule has 1 saturated heterocycles. The van der Waals surface area contributed by atoms with Gasteiger partial charge in [0.1, 0.15) is 18.2 Å². The minimum Gasteiger partial charge on any atom is -0.441 e. The maximum atomic E-state index is 15.0. The van der Waals surface area contributed by atoms with Crippen molar-refractivity contribution in [3.8, 4) is 0 Å². The first-order valence-corrected chi connectivity index (χ1v) is 11.4. The minimum absolute atomic E-state index is 0.0847. The number of aromatic nitrogens is 5. The highest BCUT2D eigenvalue weighted by molar-refractivity contribution is 5.73. The smallest absolute Gasteiger partial charge is 0.441 e. The summed E-state index contributed by atoms with van der Waals surface area (Å²) in [6, 6.07) is 2.30. The van der Waals surface area contributed by atoms with Crippen LogP contribution < -0.4 is 10.6 Å². The molecular formula is C21H20F7N7O4. The molecular weight excluding hydrogens is 547 g/mol. The molecule has 11 nitrogen and oxygen atoms in total. The van der Waals surface area contributed by atoms with E-state index in [9.17, 15) is 35.5 Å².